The molecule has 0 aliphatic carbocycles. The molecule has 0 unspecified atom stereocenters. The van der Waals surface area contributed by atoms with Crippen molar-refractivity contribution in [2.45, 2.75) is 24.2 Å². The van der Waals surface area contributed by atoms with Crippen molar-refractivity contribution in [3.05, 3.63) is 32.2 Å². The highest BCUT2D eigenvalue weighted by molar-refractivity contribution is 8.01. The maximum absolute atomic E-state index is 12.5. The molecule has 0 spiro atoms. The molecule has 0 fully saturated rings. The highest BCUT2D eigenvalue weighted by atomic mass is 32.2. The van der Waals surface area contributed by atoms with Gasteiger partial charge in [0.2, 0.25) is 0 Å². The van der Waals surface area contributed by atoms with Gasteiger partial charge in [0.25, 0.3) is 5.56 Å². The van der Waals surface area contributed by atoms with Crippen LogP contribution >= 0.6 is 23.1 Å². The molecule has 0 N–H and O–H groups in total. The fourth-order valence-electron chi connectivity index (χ4n) is 2.31. The van der Waals surface area contributed by atoms with E-state index in [4.69, 9.17) is 0 Å². The van der Waals surface area contributed by atoms with Crippen molar-refractivity contribution < 1.29 is 0 Å². The van der Waals surface area contributed by atoms with Crippen molar-refractivity contribution in [3.63, 3.8) is 0 Å². The van der Waals surface area contributed by atoms with Gasteiger partial charge in [0.1, 0.15) is 5.01 Å². The number of hydrogen-bond acceptors (Lipinski definition) is 7. The summed E-state index contributed by atoms with van der Waals surface area (Å²) < 4.78 is 5.24. The predicted octanol–water partition coefficient (Wildman–Crippen LogP) is 0.776. The van der Waals surface area contributed by atoms with Crippen LogP contribution in [0.4, 0.5) is 0 Å². The molecule has 10 heteroatoms. The van der Waals surface area contributed by atoms with Crippen LogP contribution in [0.2, 0.25) is 0 Å². The topological polar surface area (TPSA) is 87.6 Å². The summed E-state index contributed by atoms with van der Waals surface area (Å²) in [5.41, 5.74) is 0.231. The maximum atomic E-state index is 12.5. The number of rotatable bonds is 5. The molecule has 0 aliphatic rings. The van der Waals surface area contributed by atoms with Gasteiger partial charge in [-0.25, -0.2) is 9.78 Å². The van der Waals surface area contributed by atoms with E-state index in [1.165, 1.54) is 9.13 Å². The summed E-state index contributed by atoms with van der Waals surface area (Å²) in [6, 6.07) is 0. The van der Waals surface area contributed by atoms with Gasteiger partial charge in [-0.15, -0.1) is 10.2 Å². The minimum absolute atomic E-state index is 0.292. The Morgan fingerprint density at radius 1 is 1.26 bits per heavy atom. The Hall–Kier alpha value is -1.94. The number of aromatic nitrogens is 6. The standard InChI is InChI=1S/C13H16N6O2S2/c1-8-15-16-12(23-8)22-6-4-5-19-11(20)9-10(14-7-17(9)2)18(3)13(19)21/h7H,4-6H2,1-3H3. The summed E-state index contributed by atoms with van der Waals surface area (Å²) >= 11 is 3.13. The monoisotopic (exact) mass is 352 g/mol. The van der Waals surface area contributed by atoms with Crippen molar-refractivity contribution >= 4 is 34.3 Å². The zero-order chi connectivity index (χ0) is 16.6. The minimum Gasteiger partial charge on any atom is -0.328 e. The zero-order valence-corrected chi connectivity index (χ0v) is 14.6. The van der Waals surface area contributed by atoms with E-state index >= 15 is 0 Å². The number of hydrogen-bond donors (Lipinski definition) is 0. The van der Waals surface area contributed by atoms with Crippen molar-refractivity contribution in [1.29, 1.82) is 0 Å². The second-order valence-electron chi connectivity index (χ2n) is 5.12. The fraction of sp³-hybridized carbons (Fsp3) is 0.462. The Balaban J connectivity index is 1.79. The van der Waals surface area contributed by atoms with E-state index in [0.717, 1.165) is 15.1 Å². The molecule has 0 bridgehead atoms. The number of aryl methyl sites for hydroxylation is 3. The Kier molecular flexibility index (Phi) is 4.35. The number of nitrogens with zero attached hydrogens (tertiary/aromatic N) is 6. The van der Waals surface area contributed by atoms with E-state index in [2.05, 4.69) is 15.2 Å². The fourth-order valence-corrected chi connectivity index (χ4v) is 4.12. The Bertz CT molecular complexity index is 967. The minimum atomic E-state index is -0.335. The molecule has 0 saturated carbocycles. The molecule has 3 aromatic rings. The van der Waals surface area contributed by atoms with Crippen LogP contribution in [-0.4, -0.2) is 34.6 Å². The summed E-state index contributed by atoms with van der Waals surface area (Å²) in [5, 5.41) is 8.93. The first kappa shape index (κ1) is 15.9. The van der Waals surface area contributed by atoms with E-state index in [1.54, 1.807) is 48.1 Å². The van der Waals surface area contributed by atoms with E-state index in [-0.39, 0.29) is 11.2 Å². The van der Waals surface area contributed by atoms with Crippen LogP contribution in [0.3, 0.4) is 0 Å². The molecule has 0 atom stereocenters. The lowest BCUT2D eigenvalue weighted by atomic mass is 10.4. The van der Waals surface area contributed by atoms with Gasteiger partial charge in [-0.05, 0) is 13.3 Å². The lowest BCUT2D eigenvalue weighted by Crippen LogP contribution is -2.39. The average Bonchev–Trinajstić information content (AvgIpc) is 3.10. The first-order valence-corrected chi connectivity index (χ1v) is 8.83. The van der Waals surface area contributed by atoms with Crippen molar-refractivity contribution in [1.82, 2.24) is 28.9 Å². The molecule has 8 nitrogen and oxygen atoms in total. The maximum Gasteiger partial charge on any atom is 0.332 e. The van der Waals surface area contributed by atoms with Crippen LogP contribution in [0.25, 0.3) is 11.2 Å². The van der Waals surface area contributed by atoms with Gasteiger partial charge in [-0.3, -0.25) is 13.9 Å². The van der Waals surface area contributed by atoms with Gasteiger partial charge >= 0.3 is 5.69 Å². The molecule has 0 amide bonds. The van der Waals surface area contributed by atoms with Crippen LogP contribution in [0.1, 0.15) is 11.4 Å². The van der Waals surface area contributed by atoms with E-state index in [0.29, 0.717) is 24.1 Å². The lowest BCUT2D eigenvalue weighted by molar-refractivity contribution is 0.594. The van der Waals surface area contributed by atoms with E-state index in [9.17, 15) is 9.59 Å². The number of imidazole rings is 1. The van der Waals surface area contributed by atoms with Gasteiger partial charge in [-0.1, -0.05) is 23.1 Å². The first-order chi connectivity index (χ1) is 11.0. The molecule has 0 aliphatic heterocycles. The third-order valence-corrected chi connectivity index (χ3v) is 5.52. The SMILES string of the molecule is Cc1nnc(SCCCn2c(=O)c3c(ncn3C)n(C)c2=O)s1. The molecule has 3 aromatic heterocycles. The molecule has 3 rings (SSSR count). The summed E-state index contributed by atoms with van der Waals surface area (Å²) in [7, 11) is 3.38. The van der Waals surface area contributed by atoms with Gasteiger partial charge in [0, 0.05) is 26.4 Å². The smallest absolute Gasteiger partial charge is 0.328 e. The third-order valence-electron chi connectivity index (χ3n) is 3.46. The van der Waals surface area contributed by atoms with Gasteiger partial charge in [0.05, 0.1) is 6.33 Å². The third kappa shape index (κ3) is 2.95. The van der Waals surface area contributed by atoms with Crippen LogP contribution < -0.4 is 11.2 Å². The molecule has 23 heavy (non-hydrogen) atoms. The molecule has 0 aromatic carbocycles. The molecule has 122 valence electrons. The molecule has 0 radical (unpaired) electrons. The Morgan fingerprint density at radius 2 is 2.04 bits per heavy atom. The van der Waals surface area contributed by atoms with Crippen molar-refractivity contribution in [2.24, 2.45) is 14.1 Å². The largest absolute Gasteiger partial charge is 0.332 e. The number of thioether (sulfide) groups is 1. The molecule has 3 heterocycles. The summed E-state index contributed by atoms with van der Waals surface area (Å²) in [6.07, 6.45) is 2.24. The highest BCUT2D eigenvalue weighted by Crippen LogP contribution is 2.22. The summed E-state index contributed by atoms with van der Waals surface area (Å²) in [4.78, 5) is 29.0. The van der Waals surface area contributed by atoms with Crippen LogP contribution in [0.5, 0.6) is 0 Å². The van der Waals surface area contributed by atoms with Crippen LogP contribution in [0, 0.1) is 6.92 Å². The molecular formula is C13H16N6O2S2. The van der Waals surface area contributed by atoms with Crippen molar-refractivity contribution in [3.8, 4) is 0 Å². The second-order valence-corrected chi connectivity index (χ2v) is 7.64. The predicted molar refractivity (Wildman–Crippen MR) is 90.2 cm³/mol. The average molecular weight is 352 g/mol. The van der Waals surface area contributed by atoms with Crippen LogP contribution in [-0.2, 0) is 20.6 Å². The zero-order valence-electron chi connectivity index (χ0n) is 13.0. The van der Waals surface area contributed by atoms with Crippen molar-refractivity contribution in [2.75, 3.05) is 5.75 Å². The normalized spacial score (nSPS) is 11.4. The Morgan fingerprint density at radius 3 is 2.74 bits per heavy atom. The lowest BCUT2D eigenvalue weighted by Gasteiger charge is -2.08. The van der Waals surface area contributed by atoms with Gasteiger partial charge in [0.15, 0.2) is 15.5 Å². The van der Waals surface area contributed by atoms with Gasteiger partial charge < -0.3 is 4.57 Å². The second kappa shape index (κ2) is 6.28. The highest BCUT2D eigenvalue weighted by Gasteiger charge is 2.14. The first-order valence-electron chi connectivity index (χ1n) is 7.03. The summed E-state index contributed by atoms with van der Waals surface area (Å²) in [5.74, 6) is 0.771. The Labute approximate surface area is 139 Å². The summed E-state index contributed by atoms with van der Waals surface area (Å²) in [6.45, 7) is 2.28. The molecular weight excluding hydrogens is 336 g/mol. The van der Waals surface area contributed by atoms with E-state index < -0.39 is 0 Å². The van der Waals surface area contributed by atoms with Crippen LogP contribution in [0.15, 0.2) is 20.3 Å². The quantitative estimate of drug-likeness (QED) is 0.498. The van der Waals surface area contributed by atoms with Gasteiger partial charge in [-0.2, -0.15) is 0 Å². The molecule has 0 saturated heterocycles. The van der Waals surface area contributed by atoms with E-state index in [1.807, 2.05) is 6.92 Å². The number of fused-ring (bicyclic) bond motifs is 1.